The molecule has 0 aliphatic heterocycles. The second-order valence-electron chi connectivity index (χ2n) is 4.19. The van der Waals surface area contributed by atoms with Gasteiger partial charge < -0.3 is 5.73 Å². The second kappa shape index (κ2) is 6.03. The predicted octanol–water partition coefficient (Wildman–Crippen LogP) is 3.21. The lowest BCUT2D eigenvalue weighted by molar-refractivity contribution is 0.823. The molecule has 0 radical (unpaired) electrons. The molecule has 0 spiro atoms. The number of para-hydroxylation sites is 1. The number of thioether (sulfide) groups is 1. The fourth-order valence-corrected chi connectivity index (χ4v) is 2.83. The molecule has 0 saturated heterocycles. The Morgan fingerprint density at radius 3 is 2.94 bits per heavy atom. The van der Waals surface area contributed by atoms with Crippen LogP contribution in [0.15, 0.2) is 36.5 Å². The van der Waals surface area contributed by atoms with Crippen LogP contribution in [0.25, 0.3) is 10.9 Å². The number of hydrogen-bond donors (Lipinski definition) is 1. The van der Waals surface area contributed by atoms with Gasteiger partial charge in [-0.15, -0.1) is 0 Å². The zero-order valence-corrected chi connectivity index (χ0v) is 10.9. The number of pyridine rings is 1. The molecule has 1 aromatic carbocycles. The van der Waals surface area contributed by atoms with Gasteiger partial charge in [0.05, 0.1) is 5.52 Å². The van der Waals surface area contributed by atoms with Gasteiger partial charge in [0.2, 0.25) is 0 Å². The van der Waals surface area contributed by atoms with Crippen molar-refractivity contribution < 1.29 is 0 Å². The first-order chi connectivity index (χ1) is 8.31. The van der Waals surface area contributed by atoms with Crippen molar-refractivity contribution in [1.29, 1.82) is 0 Å². The summed E-state index contributed by atoms with van der Waals surface area (Å²) >= 11 is 1.95. The van der Waals surface area contributed by atoms with Gasteiger partial charge in [0.15, 0.2) is 0 Å². The number of aromatic nitrogens is 1. The molecule has 90 valence electrons. The fourth-order valence-electron chi connectivity index (χ4n) is 1.83. The van der Waals surface area contributed by atoms with Crippen LogP contribution in [-0.4, -0.2) is 16.8 Å². The van der Waals surface area contributed by atoms with Crippen LogP contribution in [0.2, 0.25) is 0 Å². The highest BCUT2D eigenvalue weighted by Gasteiger charge is 2.05. The van der Waals surface area contributed by atoms with E-state index >= 15 is 0 Å². The Labute approximate surface area is 107 Å². The molecular formula is C14H18N2S. The molecule has 1 unspecified atom stereocenters. The molecule has 0 fully saturated rings. The van der Waals surface area contributed by atoms with Gasteiger partial charge in [-0.2, -0.15) is 11.8 Å². The van der Waals surface area contributed by atoms with E-state index in [1.54, 1.807) is 0 Å². The van der Waals surface area contributed by atoms with Crippen LogP contribution in [0.3, 0.4) is 0 Å². The first-order valence-corrected chi connectivity index (χ1v) is 7.00. The number of fused-ring (bicyclic) bond motifs is 1. The van der Waals surface area contributed by atoms with Crippen molar-refractivity contribution in [2.75, 3.05) is 6.54 Å². The van der Waals surface area contributed by atoms with Crippen molar-refractivity contribution >= 4 is 22.7 Å². The van der Waals surface area contributed by atoms with Crippen molar-refractivity contribution in [2.24, 2.45) is 5.73 Å². The Morgan fingerprint density at radius 1 is 1.29 bits per heavy atom. The summed E-state index contributed by atoms with van der Waals surface area (Å²) in [6, 6.07) is 10.5. The molecule has 0 aliphatic carbocycles. The van der Waals surface area contributed by atoms with Gasteiger partial charge >= 0.3 is 0 Å². The van der Waals surface area contributed by atoms with E-state index in [9.17, 15) is 0 Å². The lowest BCUT2D eigenvalue weighted by Crippen LogP contribution is -2.07. The first-order valence-electron chi connectivity index (χ1n) is 5.95. The minimum Gasteiger partial charge on any atom is -0.330 e. The molecule has 0 bridgehead atoms. The van der Waals surface area contributed by atoms with Crippen LogP contribution >= 0.6 is 11.8 Å². The minimum atomic E-state index is 0.610. The SMILES string of the molecule is CC(CCN)SCc1cccc2cccnc12. The first kappa shape index (κ1) is 12.4. The molecule has 2 nitrogen and oxygen atoms in total. The highest BCUT2D eigenvalue weighted by Crippen LogP contribution is 2.24. The topological polar surface area (TPSA) is 38.9 Å². The van der Waals surface area contributed by atoms with Crippen molar-refractivity contribution in [3.63, 3.8) is 0 Å². The molecule has 2 aromatic rings. The zero-order valence-electron chi connectivity index (χ0n) is 10.1. The predicted molar refractivity (Wildman–Crippen MR) is 76.2 cm³/mol. The van der Waals surface area contributed by atoms with E-state index in [0.29, 0.717) is 5.25 Å². The maximum Gasteiger partial charge on any atom is 0.0742 e. The van der Waals surface area contributed by atoms with Gasteiger partial charge in [0.1, 0.15) is 0 Å². The Balaban J connectivity index is 2.13. The molecule has 2 N–H and O–H groups in total. The maximum absolute atomic E-state index is 5.56. The number of hydrogen-bond acceptors (Lipinski definition) is 3. The molecule has 0 amide bonds. The fraction of sp³-hybridized carbons (Fsp3) is 0.357. The van der Waals surface area contributed by atoms with Gasteiger partial charge in [-0.25, -0.2) is 0 Å². The van der Waals surface area contributed by atoms with Gasteiger partial charge in [-0.05, 0) is 24.6 Å². The molecule has 1 atom stereocenters. The van der Waals surface area contributed by atoms with E-state index in [4.69, 9.17) is 5.73 Å². The Kier molecular flexibility index (Phi) is 4.40. The van der Waals surface area contributed by atoms with Crippen molar-refractivity contribution in [3.05, 3.63) is 42.1 Å². The summed E-state index contributed by atoms with van der Waals surface area (Å²) in [6.45, 7) is 3.00. The summed E-state index contributed by atoms with van der Waals surface area (Å²) in [7, 11) is 0. The van der Waals surface area contributed by atoms with E-state index in [0.717, 1.165) is 24.2 Å². The average molecular weight is 246 g/mol. The second-order valence-corrected chi connectivity index (χ2v) is 5.62. The normalized spacial score (nSPS) is 12.8. The molecule has 17 heavy (non-hydrogen) atoms. The summed E-state index contributed by atoms with van der Waals surface area (Å²) in [5, 5.41) is 1.83. The summed E-state index contributed by atoms with van der Waals surface area (Å²) < 4.78 is 0. The molecular weight excluding hydrogens is 228 g/mol. The summed E-state index contributed by atoms with van der Waals surface area (Å²) in [5.74, 6) is 1.01. The van der Waals surface area contributed by atoms with Crippen LogP contribution in [0.1, 0.15) is 18.9 Å². The van der Waals surface area contributed by atoms with Crippen LogP contribution in [-0.2, 0) is 5.75 Å². The molecule has 1 aromatic heterocycles. The number of nitrogens with zero attached hydrogens (tertiary/aromatic N) is 1. The van der Waals surface area contributed by atoms with E-state index in [1.807, 2.05) is 24.0 Å². The van der Waals surface area contributed by atoms with Gasteiger partial charge in [-0.3, -0.25) is 4.98 Å². The molecule has 0 aliphatic rings. The minimum absolute atomic E-state index is 0.610. The van der Waals surface area contributed by atoms with E-state index in [1.165, 1.54) is 10.9 Å². The standard InChI is InChI=1S/C14H18N2S/c1-11(7-8-15)17-10-13-5-2-4-12-6-3-9-16-14(12)13/h2-6,9,11H,7-8,10,15H2,1H3. The maximum atomic E-state index is 5.56. The van der Waals surface area contributed by atoms with Gasteiger partial charge in [0.25, 0.3) is 0 Å². The Hall–Kier alpha value is -1.06. The lowest BCUT2D eigenvalue weighted by Gasteiger charge is -2.10. The Bertz CT molecular complexity index is 479. The van der Waals surface area contributed by atoms with Crippen molar-refractivity contribution in [3.8, 4) is 0 Å². The van der Waals surface area contributed by atoms with E-state index in [-0.39, 0.29) is 0 Å². The summed E-state index contributed by atoms with van der Waals surface area (Å²) in [5.41, 5.74) is 8.01. The molecule has 0 saturated carbocycles. The zero-order chi connectivity index (χ0) is 12.1. The third kappa shape index (κ3) is 3.20. The highest BCUT2D eigenvalue weighted by atomic mass is 32.2. The van der Waals surface area contributed by atoms with Gasteiger partial charge in [0, 0.05) is 22.6 Å². The number of rotatable bonds is 5. The van der Waals surface area contributed by atoms with Crippen LogP contribution in [0.5, 0.6) is 0 Å². The quantitative estimate of drug-likeness (QED) is 0.880. The van der Waals surface area contributed by atoms with Crippen LogP contribution in [0.4, 0.5) is 0 Å². The summed E-state index contributed by atoms with van der Waals surface area (Å²) in [4.78, 5) is 4.47. The Morgan fingerprint density at radius 2 is 2.12 bits per heavy atom. The average Bonchev–Trinajstić information content (AvgIpc) is 2.36. The van der Waals surface area contributed by atoms with Crippen molar-refractivity contribution in [2.45, 2.75) is 24.3 Å². The summed E-state index contributed by atoms with van der Waals surface area (Å²) in [6.07, 6.45) is 2.93. The van der Waals surface area contributed by atoms with Crippen LogP contribution in [0, 0.1) is 0 Å². The largest absolute Gasteiger partial charge is 0.330 e. The molecule has 2 rings (SSSR count). The number of nitrogens with two attached hydrogens (primary N) is 1. The van der Waals surface area contributed by atoms with Crippen LogP contribution < -0.4 is 5.73 Å². The van der Waals surface area contributed by atoms with E-state index in [2.05, 4.69) is 36.2 Å². The molecule has 1 heterocycles. The third-order valence-electron chi connectivity index (χ3n) is 2.81. The van der Waals surface area contributed by atoms with E-state index < -0.39 is 0 Å². The highest BCUT2D eigenvalue weighted by molar-refractivity contribution is 7.99. The number of benzene rings is 1. The molecule has 3 heteroatoms. The van der Waals surface area contributed by atoms with Gasteiger partial charge in [-0.1, -0.05) is 31.2 Å². The lowest BCUT2D eigenvalue weighted by atomic mass is 10.1. The van der Waals surface area contributed by atoms with Crippen molar-refractivity contribution in [1.82, 2.24) is 4.98 Å². The third-order valence-corrected chi connectivity index (χ3v) is 4.10. The monoisotopic (exact) mass is 246 g/mol. The smallest absolute Gasteiger partial charge is 0.0742 e.